The maximum Gasteiger partial charge on any atom is 0.317 e. The van der Waals surface area contributed by atoms with Gasteiger partial charge in [0.2, 0.25) is 0 Å². The van der Waals surface area contributed by atoms with Crippen molar-refractivity contribution in [3.8, 4) is 0 Å². The number of rotatable bonds is 6. The zero-order valence-electron chi connectivity index (χ0n) is 14.8. The van der Waals surface area contributed by atoms with Crippen molar-refractivity contribution >= 4 is 11.8 Å². The van der Waals surface area contributed by atoms with E-state index in [4.69, 9.17) is 4.74 Å². The van der Waals surface area contributed by atoms with E-state index in [2.05, 4.69) is 21.3 Å². The van der Waals surface area contributed by atoms with E-state index >= 15 is 0 Å². The molecule has 1 atom stereocenters. The van der Waals surface area contributed by atoms with Crippen LogP contribution in [0.3, 0.4) is 0 Å². The number of nitrogens with zero attached hydrogens (tertiary/aromatic N) is 3. The lowest BCUT2D eigenvalue weighted by Crippen LogP contribution is -2.43. The summed E-state index contributed by atoms with van der Waals surface area (Å²) < 4.78 is 5.46. The fourth-order valence-corrected chi connectivity index (χ4v) is 3.76. The lowest BCUT2D eigenvalue weighted by Gasteiger charge is -2.25. The molecule has 6 heteroatoms. The van der Waals surface area contributed by atoms with Crippen molar-refractivity contribution in [2.45, 2.75) is 44.7 Å². The molecule has 3 fully saturated rings. The van der Waals surface area contributed by atoms with E-state index in [-0.39, 0.29) is 6.03 Å². The van der Waals surface area contributed by atoms with Crippen molar-refractivity contribution < 1.29 is 9.53 Å². The molecule has 6 nitrogen and oxygen atoms in total. The Bertz CT molecular complexity index is 593. The molecule has 3 aliphatic rings. The topological polar surface area (TPSA) is 57.7 Å². The second kappa shape index (κ2) is 7.60. The van der Waals surface area contributed by atoms with Crippen LogP contribution in [0.25, 0.3) is 0 Å². The lowest BCUT2D eigenvalue weighted by molar-refractivity contribution is 0.162. The molecule has 136 valence electrons. The maximum absolute atomic E-state index is 12.7. The van der Waals surface area contributed by atoms with Gasteiger partial charge in [0.05, 0.1) is 6.61 Å². The molecule has 2 amide bonds. The summed E-state index contributed by atoms with van der Waals surface area (Å²) in [6.07, 6.45) is 7.67. The molecule has 3 heterocycles. The molecule has 1 saturated carbocycles. The minimum atomic E-state index is 0.0638. The van der Waals surface area contributed by atoms with E-state index in [1.54, 1.807) is 0 Å². The van der Waals surface area contributed by atoms with Crippen molar-refractivity contribution in [2.24, 2.45) is 5.92 Å². The van der Waals surface area contributed by atoms with Gasteiger partial charge < -0.3 is 19.9 Å². The molecular formula is C19H28N4O2. The van der Waals surface area contributed by atoms with Crippen LogP contribution in [0, 0.1) is 5.92 Å². The molecule has 4 rings (SSSR count). The normalized spacial score (nSPS) is 23.0. The van der Waals surface area contributed by atoms with E-state index in [1.165, 1.54) is 12.8 Å². The summed E-state index contributed by atoms with van der Waals surface area (Å²) in [5, 5.41) is 3.11. The number of nitrogens with one attached hydrogen (secondary N) is 1. The molecule has 1 N–H and O–H groups in total. The average molecular weight is 344 g/mol. The zero-order valence-corrected chi connectivity index (χ0v) is 14.8. The van der Waals surface area contributed by atoms with E-state index in [1.807, 2.05) is 17.2 Å². The highest BCUT2D eigenvalue weighted by atomic mass is 16.5. The SMILES string of the molecule is O=C(NCc1ccnc(N2CCCC2)c1)N(CC1CCOC1)C1CC1. The number of anilines is 1. The Morgan fingerprint density at radius 3 is 2.88 bits per heavy atom. The Hall–Kier alpha value is -1.82. The molecule has 1 aromatic rings. The van der Waals surface area contributed by atoms with Gasteiger partial charge in [-0.05, 0) is 49.8 Å². The maximum atomic E-state index is 12.7. The van der Waals surface area contributed by atoms with Crippen LogP contribution in [-0.4, -0.2) is 54.8 Å². The molecule has 1 aromatic heterocycles. The van der Waals surface area contributed by atoms with Crippen molar-refractivity contribution in [2.75, 3.05) is 37.7 Å². The molecule has 1 unspecified atom stereocenters. The number of ether oxygens (including phenoxy) is 1. The van der Waals surface area contributed by atoms with Gasteiger partial charge in [-0.15, -0.1) is 0 Å². The Labute approximate surface area is 149 Å². The van der Waals surface area contributed by atoms with Gasteiger partial charge in [0, 0.05) is 50.9 Å². The summed E-state index contributed by atoms with van der Waals surface area (Å²) in [5.74, 6) is 1.53. The third-order valence-electron chi connectivity index (χ3n) is 5.41. The second-order valence-corrected chi connectivity index (χ2v) is 7.49. The Morgan fingerprint density at radius 1 is 1.32 bits per heavy atom. The van der Waals surface area contributed by atoms with Gasteiger partial charge in [-0.25, -0.2) is 9.78 Å². The van der Waals surface area contributed by atoms with Gasteiger partial charge in [-0.2, -0.15) is 0 Å². The molecule has 2 saturated heterocycles. The highest BCUT2D eigenvalue weighted by Gasteiger charge is 2.34. The monoisotopic (exact) mass is 344 g/mol. The predicted octanol–water partition coefficient (Wildman–Crippen LogP) is 2.39. The van der Waals surface area contributed by atoms with Crippen LogP contribution in [0.2, 0.25) is 0 Å². The van der Waals surface area contributed by atoms with Gasteiger partial charge in [-0.3, -0.25) is 0 Å². The molecule has 0 spiro atoms. The number of urea groups is 1. The van der Waals surface area contributed by atoms with Crippen LogP contribution in [0.4, 0.5) is 10.6 Å². The van der Waals surface area contributed by atoms with E-state index < -0.39 is 0 Å². The second-order valence-electron chi connectivity index (χ2n) is 7.49. The van der Waals surface area contributed by atoms with Crippen LogP contribution < -0.4 is 10.2 Å². The molecule has 0 bridgehead atoms. The Kier molecular flexibility index (Phi) is 5.06. The number of amides is 2. The van der Waals surface area contributed by atoms with Crippen molar-refractivity contribution in [3.05, 3.63) is 23.9 Å². The number of carbonyl (C=O) groups excluding carboxylic acids is 1. The van der Waals surface area contributed by atoms with Crippen LogP contribution in [0.1, 0.15) is 37.7 Å². The fourth-order valence-electron chi connectivity index (χ4n) is 3.76. The van der Waals surface area contributed by atoms with Gasteiger partial charge in [0.25, 0.3) is 0 Å². The standard InChI is InChI=1S/C19H28N4O2/c24-19(23(17-3-4-17)13-16-6-10-25-14-16)21-12-15-5-7-20-18(11-15)22-8-1-2-9-22/h5,7,11,16-17H,1-4,6,8-10,12-14H2,(H,21,24). The molecule has 1 aliphatic carbocycles. The van der Waals surface area contributed by atoms with Crippen LogP contribution in [0.5, 0.6) is 0 Å². The number of hydrogen-bond donors (Lipinski definition) is 1. The van der Waals surface area contributed by atoms with E-state index in [0.29, 0.717) is 18.5 Å². The van der Waals surface area contributed by atoms with Crippen LogP contribution >= 0.6 is 0 Å². The summed E-state index contributed by atoms with van der Waals surface area (Å²) in [6.45, 7) is 5.18. The quantitative estimate of drug-likeness (QED) is 0.861. The average Bonchev–Trinajstić information content (AvgIpc) is 3.12. The highest BCUT2D eigenvalue weighted by molar-refractivity contribution is 5.75. The van der Waals surface area contributed by atoms with Gasteiger partial charge >= 0.3 is 6.03 Å². The summed E-state index contributed by atoms with van der Waals surface area (Å²) >= 11 is 0. The Morgan fingerprint density at radius 2 is 2.16 bits per heavy atom. The largest absolute Gasteiger partial charge is 0.381 e. The molecule has 0 radical (unpaired) electrons. The predicted molar refractivity (Wildman–Crippen MR) is 96.6 cm³/mol. The summed E-state index contributed by atoms with van der Waals surface area (Å²) in [5.41, 5.74) is 1.12. The highest BCUT2D eigenvalue weighted by Crippen LogP contribution is 2.29. The van der Waals surface area contributed by atoms with Gasteiger partial charge in [0.1, 0.15) is 5.82 Å². The molecular weight excluding hydrogens is 316 g/mol. The Balaban J connectivity index is 1.33. The minimum Gasteiger partial charge on any atom is -0.381 e. The first-order chi connectivity index (χ1) is 12.3. The van der Waals surface area contributed by atoms with Crippen molar-refractivity contribution in [1.82, 2.24) is 15.2 Å². The molecule has 25 heavy (non-hydrogen) atoms. The molecule has 2 aliphatic heterocycles. The van der Waals surface area contributed by atoms with Crippen molar-refractivity contribution in [1.29, 1.82) is 0 Å². The number of hydrogen-bond acceptors (Lipinski definition) is 4. The van der Waals surface area contributed by atoms with Gasteiger partial charge in [-0.1, -0.05) is 0 Å². The first kappa shape index (κ1) is 16.6. The van der Waals surface area contributed by atoms with Crippen LogP contribution in [0.15, 0.2) is 18.3 Å². The fraction of sp³-hybridized carbons (Fsp3) is 0.684. The number of carbonyl (C=O) groups is 1. The minimum absolute atomic E-state index is 0.0638. The summed E-state index contributed by atoms with van der Waals surface area (Å²) in [6, 6.07) is 4.59. The third-order valence-corrected chi connectivity index (χ3v) is 5.41. The summed E-state index contributed by atoms with van der Waals surface area (Å²) in [7, 11) is 0. The first-order valence-electron chi connectivity index (χ1n) is 9.62. The van der Waals surface area contributed by atoms with Gasteiger partial charge in [0.15, 0.2) is 0 Å². The zero-order chi connectivity index (χ0) is 17.1. The number of pyridine rings is 1. The smallest absolute Gasteiger partial charge is 0.317 e. The lowest BCUT2D eigenvalue weighted by atomic mass is 10.1. The summed E-state index contributed by atoms with van der Waals surface area (Å²) in [4.78, 5) is 21.5. The number of aromatic nitrogens is 1. The van der Waals surface area contributed by atoms with Crippen molar-refractivity contribution in [3.63, 3.8) is 0 Å². The first-order valence-corrected chi connectivity index (χ1v) is 9.62. The molecule has 0 aromatic carbocycles. The van der Waals surface area contributed by atoms with E-state index in [9.17, 15) is 4.79 Å². The van der Waals surface area contributed by atoms with E-state index in [0.717, 1.165) is 63.5 Å². The third kappa shape index (κ3) is 4.24. The van der Waals surface area contributed by atoms with Crippen LogP contribution in [-0.2, 0) is 11.3 Å².